The molecule has 1 aromatic carbocycles. The van der Waals surface area contributed by atoms with Crippen LogP contribution >= 0.6 is 24.0 Å². The van der Waals surface area contributed by atoms with E-state index in [1.54, 1.807) is 0 Å². The lowest BCUT2D eigenvalue weighted by atomic mass is 10.1. The topological polar surface area (TPSA) is 59.6 Å². The summed E-state index contributed by atoms with van der Waals surface area (Å²) >= 11 is 0. The molecule has 21 heavy (non-hydrogen) atoms. The maximum Gasteiger partial charge on any atom is 0.189 e. The Labute approximate surface area is 145 Å². The fraction of sp³-hybridized carbons (Fsp3) is 0.562. The molecule has 0 amide bonds. The van der Waals surface area contributed by atoms with Gasteiger partial charge in [-0.15, -0.1) is 24.0 Å². The molecule has 0 bridgehead atoms. The molecule has 3 N–H and O–H groups in total. The second-order valence-electron chi connectivity index (χ2n) is 4.98. The summed E-state index contributed by atoms with van der Waals surface area (Å²) in [6.07, 6.45) is 2.06. The Balaban J connectivity index is 0.00000400. The van der Waals surface area contributed by atoms with Gasteiger partial charge in [-0.1, -0.05) is 38.1 Å². The first-order valence-corrected chi connectivity index (χ1v) is 7.38. The summed E-state index contributed by atoms with van der Waals surface area (Å²) in [5.41, 5.74) is 8.22. The third-order valence-electron chi connectivity index (χ3n) is 3.15. The summed E-state index contributed by atoms with van der Waals surface area (Å²) < 4.78 is 5.60. The quantitative estimate of drug-likeness (QED) is 0.302. The number of hydrogen-bond donors (Lipinski definition) is 2. The van der Waals surface area contributed by atoms with E-state index >= 15 is 0 Å². The molecule has 5 heteroatoms. The molecule has 0 saturated heterocycles. The van der Waals surface area contributed by atoms with Crippen LogP contribution in [0.15, 0.2) is 29.3 Å². The molecule has 0 spiro atoms. The van der Waals surface area contributed by atoms with Crippen molar-refractivity contribution in [2.45, 2.75) is 52.8 Å². The Morgan fingerprint density at radius 2 is 1.95 bits per heavy atom. The smallest absolute Gasteiger partial charge is 0.189 e. The third kappa shape index (κ3) is 8.26. The largest absolute Gasteiger partial charge is 0.377 e. The van der Waals surface area contributed by atoms with Gasteiger partial charge >= 0.3 is 0 Å². The summed E-state index contributed by atoms with van der Waals surface area (Å²) in [5.74, 6) is 0.503. The summed E-state index contributed by atoms with van der Waals surface area (Å²) in [5, 5.41) is 3.17. The molecule has 0 radical (unpaired) electrons. The van der Waals surface area contributed by atoms with Gasteiger partial charge in [-0.2, -0.15) is 0 Å². The zero-order valence-electron chi connectivity index (χ0n) is 13.3. The lowest BCUT2D eigenvalue weighted by molar-refractivity contribution is 0.121. The number of rotatable bonds is 8. The van der Waals surface area contributed by atoms with Gasteiger partial charge in [0.2, 0.25) is 0 Å². The van der Waals surface area contributed by atoms with Crippen LogP contribution in [0.25, 0.3) is 0 Å². The minimum absolute atomic E-state index is 0. The molecule has 0 aromatic heterocycles. The number of aliphatic imine (C=N–C) groups is 1. The van der Waals surface area contributed by atoms with Crippen LogP contribution in [0.3, 0.4) is 0 Å². The molecule has 0 aliphatic rings. The van der Waals surface area contributed by atoms with E-state index in [0.29, 0.717) is 25.2 Å². The molecule has 1 unspecified atom stereocenters. The van der Waals surface area contributed by atoms with Gasteiger partial charge in [-0.05, 0) is 30.9 Å². The van der Waals surface area contributed by atoms with Crippen LogP contribution in [0.1, 0.15) is 44.7 Å². The van der Waals surface area contributed by atoms with Crippen LogP contribution < -0.4 is 11.1 Å². The Hall–Kier alpha value is -0.820. The maximum absolute atomic E-state index is 5.88. The zero-order chi connectivity index (χ0) is 14.8. The number of benzene rings is 1. The van der Waals surface area contributed by atoms with E-state index in [-0.39, 0.29) is 24.0 Å². The summed E-state index contributed by atoms with van der Waals surface area (Å²) in [7, 11) is 0. The molecule has 0 aliphatic carbocycles. The maximum atomic E-state index is 5.88. The number of ether oxygens (including phenoxy) is 1. The molecule has 0 fully saturated rings. The van der Waals surface area contributed by atoms with Crippen molar-refractivity contribution >= 4 is 29.9 Å². The number of nitrogens with two attached hydrogens (primary N) is 1. The number of nitrogens with one attached hydrogen (secondary N) is 1. The molecular formula is C16H28IN3O. The summed E-state index contributed by atoms with van der Waals surface area (Å²) in [6.45, 7) is 8.33. The van der Waals surface area contributed by atoms with Crippen LogP contribution in [0.5, 0.6) is 0 Å². The molecule has 120 valence electrons. The number of halogens is 1. The van der Waals surface area contributed by atoms with Gasteiger partial charge in [0.15, 0.2) is 5.96 Å². The van der Waals surface area contributed by atoms with Gasteiger partial charge in [0, 0.05) is 12.6 Å². The Kier molecular flexibility index (Phi) is 11.3. The van der Waals surface area contributed by atoms with E-state index < -0.39 is 0 Å². The zero-order valence-corrected chi connectivity index (χ0v) is 15.6. The lowest BCUT2D eigenvalue weighted by Crippen LogP contribution is -2.38. The van der Waals surface area contributed by atoms with Crippen molar-refractivity contribution in [3.05, 3.63) is 35.4 Å². The second kappa shape index (κ2) is 11.8. The van der Waals surface area contributed by atoms with E-state index in [1.165, 1.54) is 5.56 Å². The monoisotopic (exact) mass is 405 g/mol. The molecular weight excluding hydrogens is 377 g/mol. The molecule has 4 nitrogen and oxygen atoms in total. The van der Waals surface area contributed by atoms with Crippen molar-refractivity contribution in [1.29, 1.82) is 0 Å². The molecule has 1 rings (SSSR count). The first kappa shape index (κ1) is 20.2. The normalized spacial score (nSPS) is 12.6. The highest BCUT2D eigenvalue weighted by atomic mass is 127. The van der Waals surface area contributed by atoms with Crippen molar-refractivity contribution in [3.8, 4) is 0 Å². The number of guanidine groups is 1. The minimum Gasteiger partial charge on any atom is -0.377 e. The fourth-order valence-corrected chi connectivity index (χ4v) is 1.75. The van der Waals surface area contributed by atoms with E-state index in [0.717, 1.165) is 25.0 Å². The van der Waals surface area contributed by atoms with Crippen molar-refractivity contribution in [2.24, 2.45) is 10.7 Å². The predicted molar refractivity (Wildman–Crippen MR) is 100 cm³/mol. The van der Waals surface area contributed by atoms with E-state index in [4.69, 9.17) is 10.5 Å². The van der Waals surface area contributed by atoms with Gasteiger partial charge in [-0.25, -0.2) is 4.99 Å². The van der Waals surface area contributed by atoms with Gasteiger partial charge in [-0.3, -0.25) is 0 Å². The van der Waals surface area contributed by atoms with Gasteiger partial charge in [0.05, 0.1) is 13.2 Å². The van der Waals surface area contributed by atoms with Crippen molar-refractivity contribution in [3.63, 3.8) is 0 Å². The van der Waals surface area contributed by atoms with Crippen LogP contribution in [0, 0.1) is 0 Å². The highest BCUT2D eigenvalue weighted by molar-refractivity contribution is 14.0. The third-order valence-corrected chi connectivity index (χ3v) is 3.15. The highest BCUT2D eigenvalue weighted by Crippen LogP contribution is 2.11. The Bertz CT molecular complexity index is 424. The van der Waals surface area contributed by atoms with Gasteiger partial charge in [0.25, 0.3) is 0 Å². The fourth-order valence-electron chi connectivity index (χ4n) is 1.75. The van der Waals surface area contributed by atoms with Crippen LogP contribution in [-0.2, 0) is 17.9 Å². The molecule has 1 aromatic rings. The summed E-state index contributed by atoms with van der Waals surface area (Å²) in [4.78, 5) is 4.40. The lowest BCUT2D eigenvalue weighted by Gasteiger charge is -2.12. The van der Waals surface area contributed by atoms with Crippen LogP contribution in [-0.4, -0.2) is 18.6 Å². The van der Waals surface area contributed by atoms with Crippen molar-refractivity contribution in [2.75, 3.05) is 6.61 Å². The van der Waals surface area contributed by atoms with Gasteiger partial charge in [0.1, 0.15) is 0 Å². The minimum atomic E-state index is 0. The van der Waals surface area contributed by atoms with Crippen molar-refractivity contribution < 1.29 is 4.74 Å². The van der Waals surface area contributed by atoms with E-state index in [2.05, 4.69) is 43.2 Å². The highest BCUT2D eigenvalue weighted by Gasteiger charge is 2.03. The van der Waals surface area contributed by atoms with Crippen molar-refractivity contribution in [1.82, 2.24) is 5.32 Å². The first-order chi connectivity index (χ1) is 9.67. The Morgan fingerprint density at radius 1 is 1.29 bits per heavy atom. The standard InChI is InChI=1S/C16H27N3O.HI/c1-4-10-20-12-15-9-7-6-8-14(15)11-18-16(17)19-13(3)5-2;/h6-9,13H,4-5,10-12H2,1-3H3,(H3,17,18,19);1H. The van der Waals surface area contributed by atoms with Crippen LogP contribution in [0.2, 0.25) is 0 Å². The predicted octanol–water partition coefficient (Wildman–Crippen LogP) is 3.43. The van der Waals surface area contributed by atoms with E-state index in [1.807, 2.05) is 12.1 Å². The number of nitrogens with zero attached hydrogens (tertiary/aromatic N) is 1. The average molecular weight is 405 g/mol. The average Bonchev–Trinajstić information content (AvgIpc) is 2.46. The first-order valence-electron chi connectivity index (χ1n) is 7.38. The molecule has 0 heterocycles. The SMILES string of the molecule is CCCOCc1ccccc1CN=C(N)NC(C)CC.I. The van der Waals surface area contributed by atoms with Crippen LogP contribution in [0.4, 0.5) is 0 Å². The molecule has 0 aliphatic heterocycles. The second-order valence-corrected chi connectivity index (χ2v) is 4.98. The molecule has 1 atom stereocenters. The Morgan fingerprint density at radius 3 is 2.57 bits per heavy atom. The molecule has 0 saturated carbocycles. The number of hydrogen-bond acceptors (Lipinski definition) is 2. The van der Waals surface area contributed by atoms with Gasteiger partial charge < -0.3 is 15.8 Å². The van der Waals surface area contributed by atoms with E-state index in [9.17, 15) is 0 Å². The summed E-state index contributed by atoms with van der Waals surface area (Å²) in [6, 6.07) is 8.55.